The Bertz CT molecular complexity index is 477. The van der Waals surface area contributed by atoms with Gasteiger partial charge in [-0.2, -0.15) is 0 Å². The molecule has 0 amide bonds. The number of rotatable bonds is 3. The summed E-state index contributed by atoms with van der Waals surface area (Å²) in [7, 11) is 0. The number of anilines is 1. The molecule has 18 heavy (non-hydrogen) atoms. The van der Waals surface area contributed by atoms with E-state index in [1.54, 1.807) is 31.2 Å². The number of nitrogens with one attached hydrogen (secondary N) is 1. The highest BCUT2D eigenvalue weighted by molar-refractivity contribution is 5.54. The Morgan fingerprint density at radius 1 is 1.28 bits per heavy atom. The van der Waals surface area contributed by atoms with Gasteiger partial charge >= 0.3 is 0 Å². The lowest BCUT2D eigenvalue weighted by atomic mass is 10.1. The minimum absolute atomic E-state index is 0.207. The van der Waals surface area contributed by atoms with Crippen molar-refractivity contribution in [3.63, 3.8) is 0 Å². The zero-order chi connectivity index (χ0) is 13.1. The molecular formula is C13H14F2N2O. The van der Waals surface area contributed by atoms with Gasteiger partial charge in [0.25, 0.3) is 0 Å². The number of benzene rings is 1. The van der Waals surface area contributed by atoms with Crippen molar-refractivity contribution in [2.45, 2.75) is 19.2 Å². The maximum atomic E-state index is 13.6. The average Bonchev–Trinajstić information content (AvgIpc) is 2.32. The van der Waals surface area contributed by atoms with Crippen LogP contribution < -0.4 is 16.0 Å². The van der Waals surface area contributed by atoms with Crippen LogP contribution in [0.5, 0.6) is 5.75 Å². The number of aryl methyl sites for hydroxylation is 1. The Hall–Kier alpha value is -1.88. The minimum atomic E-state index is -1.23. The third kappa shape index (κ3) is 2.51. The van der Waals surface area contributed by atoms with Crippen molar-refractivity contribution in [3.05, 3.63) is 47.8 Å². The van der Waals surface area contributed by atoms with E-state index in [0.717, 1.165) is 0 Å². The second-order valence-electron chi connectivity index (χ2n) is 4.04. The molecule has 5 heteroatoms. The summed E-state index contributed by atoms with van der Waals surface area (Å²) in [5, 5.41) is 0. The monoisotopic (exact) mass is 252 g/mol. The van der Waals surface area contributed by atoms with E-state index >= 15 is 0 Å². The van der Waals surface area contributed by atoms with Crippen LogP contribution in [-0.2, 0) is 0 Å². The van der Waals surface area contributed by atoms with E-state index in [-0.39, 0.29) is 11.4 Å². The molecule has 2 unspecified atom stereocenters. The summed E-state index contributed by atoms with van der Waals surface area (Å²) in [6.07, 6.45) is 4.32. The molecule has 2 atom stereocenters. The van der Waals surface area contributed by atoms with Crippen LogP contribution in [0.4, 0.5) is 14.5 Å². The first-order chi connectivity index (χ1) is 8.61. The molecule has 1 aliphatic rings. The number of hydrogen-bond donors (Lipinski definition) is 2. The Kier molecular flexibility index (Phi) is 3.62. The molecule has 0 aliphatic heterocycles. The minimum Gasteiger partial charge on any atom is -0.483 e. The van der Waals surface area contributed by atoms with Crippen molar-refractivity contribution in [1.29, 1.82) is 0 Å². The predicted octanol–water partition coefficient (Wildman–Crippen LogP) is 2.63. The van der Waals surface area contributed by atoms with Crippen molar-refractivity contribution < 1.29 is 13.5 Å². The van der Waals surface area contributed by atoms with Gasteiger partial charge in [0.1, 0.15) is 5.75 Å². The first-order valence-electron chi connectivity index (χ1n) is 5.54. The second kappa shape index (κ2) is 5.18. The van der Waals surface area contributed by atoms with E-state index < -0.39 is 18.1 Å². The quantitative estimate of drug-likeness (QED) is 0.642. The van der Waals surface area contributed by atoms with E-state index in [1.807, 2.05) is 0 Å². The van der Waals surface area contributed by atoms with Crippen LogP contribution in [0.25, 0.3) is 0 Å². The zero-order valence-electron chi connectivity index (χ0n) is 9.86. The molecule has 0 heterocycles. The fraction of sp³-hybridized carbons (Fsp3) is 0.231. The van der Waals surface area contributed by atoms with Crippen LogP contribution in [0.15, 0.2) is 36.4 Å². The molecule has 2 rings (SSSR count). The highest BCUT2D eigenvalue weighted by atomic mass is 19.1. The summed E-state index contributed by atoms with van der Waals surface area (Å²) in [4.78, 5) is 0. The number of halogens is 2. The normalized spacial score (nSPS) is 22.0. The molecule has 3 nitrogen and oxygen atoms in total. The van der Waals surface area contributed by atoms with E-state index in [2.05, 4.69) is 5.43 Å². The Morgan fingerprint density at radius 2 is 2.00 bits per heavy atom. The van der Waals surface area contributed by atoms with Crippen molar-refractivity contribution in [2.24, 2.45) is 5.84 Å². The van der Waals surface area contributed by atoms with E-state index in [4.69, 9.17) is 10.6 Å². The van der Waals surface area contributed by atoms with Crippen molar-refractivity contribution >= 4 is 5.69 Å². The Labute approximate surface area is 104 Å². The molecule has 1 aromatic carbocycles. The van der Waals surface area contributed by atoms with Crippen LogP contribution in [0.2, 0.25) is 0 Å². The van der Waals surface area contributed by atoms with Gasteiger partial charge in [-0.25, -0.2) is 8.78 Å². The van der Waals surface area contributed by atoms with Crippen LogP contribution in [0.3, 0.4) is 0 Å². The summed E-state index contributed by atoms with van der Waals surface area (Å²) >= 11 is 0. The Balaban J connectivity index is 2.20. The van der Waals surface area contributed by atoms with Gasteiger partial charge in [0.15, 0.2) is 18.1 Å². The summed E-state index contributed by atoms with van der Waals surface area (Å²) < 4.78 is 32.5. The van der Waals surface area contributed by atoms with Gasteiger partial charge in [-0.3, -0.25) is 5.84 Å². The second-order valence-corrected chi connectivity index (χ2v) is 4.04. The lowest BCUT2D eigenvalue weighted by Crippen LogP contribution is -2.26. The van der Waals surface area contributed by atoms with Crippen molar-refractivity contribution in [3.8, 4) is 5.75 Å². The lowest BCUT2D eigenvalue weighted by Gasteiger charge is -2.20. The fourth-order valence-corrected chi connectivity index (χ4v) is 1.78. The predicted molar refractivity (Wildman–Crippen MR) is 66.5 cm³/mol. The van der Waals surface area contributed by atoms with E-state index in [1.165, 1.54) is 12.1 Å². The van der Waals surface area contributed by atoms with Gasteiger partial charge in [-0.05, 0) is 30.7 Å². The van der Waals surface area contributed by atoms with E-state index in [9.17, 15) is 8.78 Å². The number of nitrogen functional groups attached to an aromatic ring is 1. The largest absolute Gasteiger partial charge is 0.483 e. The summed E-state index contributed by atoms with van der Waals surface area (Å²) in [5.74, 6) is 4.94. The smallest absolute Gasteiger partial charge is 0.159 e. The molecule has 0 aromatic heterocycles. The molecule has 0 radical (unpaired) electrons. The fourth-order valence-electron chi connectivity index (χ4n) is 1.78. The number of ether oxygens (including phenoxy) is 1. The third-order valence-corrected chi connectivity index (χ3v) is 2.70. The summed E-state index contributed by atoms with van der Waals surface area (Å²) in [5.41, 5.74) is 3.08. The molecular weight excluding hydrogens is 238 g/mol. The number of nitrogens with two attached hydrogens (primary N) is 1. The number of hydrogen-bond acceptors (Lipinski definition) is 3. The number of hydrazine groups is 1. The average molecular weight is 252 g/mol. The van der Waals surface area contributed by atoms with Gasteiger partial charge in [0.2, 0.25) is 0 Å². The maximum Gasteiger partial charge on any atom is 0.159 e. The van der Waals surface area contributed by atoms with Gasteiger partial charge in [0, 0.05) is 6.07 Å². The number of alkyl halides is 1. The molecule has 1 aromatic rings. The van der Waals surface area contributed by atoms with Crippen LogP contribution in [0.1, 0.15) is 5.56 Å². The van der Waals surface area contributed by atoms with Gasteiger partial charge < -0.3 is 10.2 Å². The van der Waals surface area contributed by atoms with Gasteiger partial charge in [-0.1, -0.05) is 12.2 Å². The maximum absolute atomic E-state index is 13.6. The molecule has 0 bridgehead atoms. The summed E-state index contributed by atoms with van der Waals surface area (Å²) in [6.45, 7) is 1.69. The highest BCUT2D eigenvalue weighted by Crippen LogP contribution is 2.26. The van der Waals surface area contributed by atoms with Crippen LogP contribution >= 0.6 is 0 Å². The van der Waals surface area contributed by atoms with Crippen LogP contribution in [-0.4, -0.2) is 12.3 Å². The molecule has 0 spiro atoms. The number of allylic oxidation sites excluding steroid dienone is 2. The first-order valence-corrected chi connectivity index (χ1v) is 5.54. The van der Waals surface area contributed by atoms with Crippen LogP contribution in [0, 0.1) is 12.7 Å². The molecule has 3 N–H and O–H groups in total. The van der Waals surface area contributed by atoms with Gasteiger partial charge in [-0.15, -0.1) is 0 Å². The highest BCUT2D eigenvalue weighted by Gasteiger charge is 2.20. The topological polar surface area (TPSA) is 47.3 Å². The van der Waals surface area contributed by atoms with Crippen molar-refractivity contribution in [2.75, 3.05) is 5.43 Å². The molecule has 0 fully saturated rings. The van der Waals surface area contributed by atoms with E-state index in [0.29, 0.717) is 5.56 Å². The molecule has 0 saturated heterocycles. The summed E-state index contributed by atoms with van der Waals surface area (Å²) in [6, 6.07) is 2.79. The standard InChI is InChI=1S/C13H14F2N2O/c1-8-6-9(7-11(15)13(8)17-16)18-12-5-3-2-4-10(12)14/h2-7,10,12,17H,16H2,1H3. The zero-order valence-corrected chi connectivity index (χ0v) is 9.86. The third-order valence-electron chi connectivity index (χ3n) is 2.70. The van der Waals surface area contributed by atoms with Gasteiger partial charge in [0.05, 0.1) is 5.69 Å². The SMILES string of the molecule is Cc1cc(OC2C=CC=CC2F)cc(F)c1NN. The molecule has 96 valence electrons. The van der Waals surface area contributed by atoms with Crippen molar-refractivity contribution in [1.82, 2.24) is 0 Å². The molecule has 0 saturated carbocycles. The Morgan fingerprint density at radius 3 is 2.61 bits per heavy atom. The lowest BCUT2D eigenvalue weighted by molar-refractivity contribution is 0.164. The molecule has 1 aliphatic carbocycles. The first kappa shape index (κ1) is 12.6.